The third kappa shape index (κ3) is 5.17. The van der Waals surface area contributed by atoms with Gasteiger partial charge >= 0.3 is 0 Å². The fourth-order valence-electron chi connectivity index (χ4n) is 2.71. The molecule has 0 aliphatic carbocycles. The zero-order chi connectivity index (χ0) is 18.5. The van der Waals surface area contributed by atoms with E-state index in [1.807, 2.05) is 31.3 Å². The lowest BCUT2D eigenvalue weighted by Gasteiger charge is -2.12. The second kappa shape index (κ2) is 8.82. The van der Waals surface area contributed by atoms with E-state index in [-0.39, 0.29) is 5.91 Å². The minimum Gasteiger partial charge on any atom is -0.351 e. The van der Waals surface area contributed by atoms with Gasteiger partial charge in [0.05, 0.1) is 17.3 Å². The predicted molar refractivity (Wildman–Crippen MR) is 108 cm³/mol. The van der Waals surface area contributed by atoms with E-state index < -0.39 is 0 Å². The van der Waals surface area contributed by atoms with E-state index in [1.165, 1.54) is 4.70 Å². The number of carbonyl (C=O) groups excluding carboxylic acids is 1. The van der Waals surface area contributed by atoms with Gasteiger partial charge in [0.2, 0.25) is 0 Å². The molecule has 4 nitrogen and oxygen atoms in total. The Bertz CT molecular complexity index is 880. The Balaban J connectivity index is 1.45. The highest BCUT2D eigenvalue weighted by molar-refractivity contribution is 7.18. The van der Waals surface area contributed by atoms with Crippen LogP contribution in [0.3, 0.4) is 0 Å². The summed E-state index contributed by atoms with van der Waals surface area (Å²) in [5, 5.41) is 5.24. The smallest absolute Gasteiger partial charge is 0.275 e. The minimum absolute atomic E-state index is 0.0219. The molecule has 1 atom stereocenters. The normalized spacial score (nSPS) is 12.3. The van der Waals surface area contributed by atoms with Gasteiger partial charge in [-0.05, 0) is 36.2 Å². The monoisotopic (exact) mass is 408 g/mol. The first-order valence-corrected chi connectivity index (χ1v) is 9.95. The van der Waals surface area contributed by atoms with Gasteiger partial charge < -0.3 is 10.2 Å². The maximum Gasteiger partial charge on any atom is 0.275 e. The van der Waals surface area contributed by atoms with Crippen LogP contribution >= 0.6 is 34.5 Å². The molecule has 1 unspecified atom stereocenters. The van der Waals surface area contributed by atoms with E-state index in [2.05, 4.69) is 16.4 Å². The Kier molecular flexibility index (Phi) is 6.48. The molecule has 1 heterocycles. The van der Waals surface area contributed by atoms with Crippen LogP contribution in [0.1, 0.15) is 10.6 Å². The molecule has 0 spiro atoms. The number of rotatable bonds is 7. The van der Waals surface area contributed by atoms with Gasteiger partial charge in [0.15, 0.2) is 6.54 Å². The maximum atomic E-state index is 12.1. The van der Waals surface area contributed by atoms with Gasteiger partial charge in [0, 0.05) is 16.6 Å². The van der Waals surface area contributed by atoms with Crippen molar-refractivity contribution >= 4 is 50.7 Å². The number of nitrogens with zero attached hydrogens (tertiary/aromatic N) is 1. The van der Waals surface area contributed by atoms with Crippen LogP contribution in [-0.2, 0) is 17.8 Å². The lowest BCUT2D eigenvalue weighted by Crippen LogP contribution is -3.08. The molecule has 2 aromatic carbocycles. The Morgan fingerprint density at radius 2 is 2.04 bits per heavy atom. The second-order valence-electron chi connectivity index (χ2n) is 6.22. The maximum absolute atomic E-state index is 12.1. The van der Waals surface area contributed by atoms with Crippen LogP contribution in [0, 0.1) is 0 Å². The first kappa shape index (κ1) is 19.1. The summed E-state index contributed by atoms with van der Waals surface area (Å²) in [6, 6.07) is 13.5. The van der Waals surface area contributed by atoms with Crippen molar-refractivity contribution in [3.63, 3.8) is 0 Å². The van der Waals surface area contributed by atoms with Crippen LogP contribution in [0.25, 0.3) is 10.2 Å². The molecule has 136 valence electrons. The van der Waals surface area contributed by atoms with Crippen LogP contribution in [-0.4, -0.2) is 31.0 Å². The average Bonchev–Trinajstić information content (AvgIpc) is 2.98. The molecule has 3 aromatic rings. The standard InChI is InChI=1S/C19H19Cl2N3OS/c1-24(12-19-23-16-4-2-3-5-17(16)26-19)11-18(25)22-9-8-13-6-7-14(20)10-15(13)21/h2-7,10H,8-9,11-12H2,1H3,(H,22,25)/p+1. The molecular formula is C19H20Cl2N3OS+. The molecule has 1 amide bonds. The van der Waals surface area contributed by atoms with E-state index in [4.69, 9.17) is 23.2 Å². The molecule has 0 fully saturated rings. The summed E-state index contributed by atoms with van der Waals surface area (Å²) < 4.78 is 1.18. The zero-order valence-corrected chi connectivity index (χ0v) is 16.7. The molecule has 0 radical (unpaired) electrons. The van der Waals surface area contributed by atoms with Crippen molar-refractivity contribution in [1.82, 2.24) is 10.3 Å². The number of thiazole rings is 1. The number of aromatic nitrogens is 1. The van der Waals surface area contributed by atoms with E-state index in [1.54, 1.807) is 23.5 Å². The average molecular weight is 409 g/mol. The molecule has 2 N–H and O–H groups in total. The Labute approximate surface area is 166 Å². The van der Waals surface area contributed by atoms with Crippen LogP contribution in [0.4, 0.5) is 0 Å². The van der Waals surface area contributed by atoms with Gasteiger partial charge in [-0.1, -0.05) is 41.4 Å². The van der Waals surface area contributed by atoms with Crippen molar-refractivity contribution in [3.05, 3.63) is 63.1 Å². The third-order valence-electron chi connectivity index (χ3n) is 3.99. The van der Waals surface area contributed by atoms with E-state index in [0.717, 1.165) is 27.5 Å². The van der Waals surface area contributed by atoms with Gasteiger partial charge in [-0.3, -0.25) is 4.79 Å². The van der Waals surface area contributed by atoms with Crippen molar-refractivity contribution in [3.8, 4) is 0 Å². The molecule has 0 aliphatic heterocycles. The summed E-state index contributed by atoms with van der Waals surface area (Å²) >= 11 is 13.7. The number of likely N-dealkylation sites (N-methyl/N-ethyl adjacent to an activating group) is 1. The first-order valence-electron chi connectivity index (χ1n) is 8.37. The van der Waals surface area contributed by atoms with Crippen molar-refractivity contribution in [2.45, 2.75) is 13.0 Å². The third-order valence-corrected chi connectivity index (χ3v) is 5.61. The molecule has 0 bridgehead atoms. The van der Waals surface area contributed by atoms with Crippen molar-refractivity contribution < 1.29 is 9.69 Å². The fourth-order valence-corrected chi connectivity index (χ4v) is 4.30. The Hall–Kier alpha value is -1.66. The van der Waals surface area contributed by atoms with Crippen LogP contribution in [0.2, 0.25) is 10.0 Å². The van der Waals surface area contributed by atoms with Crippen LogP contribution in [0.15, 0.2) is 42.5 Å². The summed E-state index contributed by atoms with van der Waals surface area (Å²) in [5.74, 6) is 0.0219. The predicted octanol–water partition coefficient (Wildman–Crippen LogP) is 2.98. The van der Waals surface area contributed by atoms with Crippen molar-refractivity contribution in [1.29, 1.82) is 0 Å². The van der Waals surface area contributed by atoms with Crippen molar-refractivity contribution in [2.75, 3.05) is 20.1 Å². The molecule has 0 saturated carbocycles. The highest BCUT2D eigenvalue weighted by Crippen LogP contribution is 2.21. The molecule has 3 rings (SSSR count). The zero-order valence-electron chi connectivity index (χ0n) is 14.4. The number of amides is 1. The summed E-state index contributed by atoms with van der Waals surface area (Å²) in [6.07, 6.45) is 0.679. The van der Waals surface area contributed by atoms with E-state index >= 15 is 0 Å². The number of quaternary nitrogens is 1. The van der Waals surface area contributed by atoms with Gasteiger partial charge in [0.1, 0.15) is 11.6 Å². The lowest BCUT2D eigenvalue weighted by molar-refractivity contribution is -0.885. The number of hydrogen-bond donors (Lipinski definition) is 2. The summed E-state index contributed by atoms with van der Waals surface area (Å²) in [5.41, 5.74) is 2.00. The van der Waals surface area contributed by atoms with E-state index in [9.17, 15) is 4.79 Å². The number of hydrogen-bond acceptors (Lipinski definition) is 3. The van der Waals surface area contributed by atoms with Crippen molar-refractivity contribution in [2.24, 2.45) is 0 Å². The molecule has 0 saturated heterocycles. The molecule has 0 aliphatic rings. The fraction of sp³-hybridized carbons (Fsp3) is 0.263. The largest absolute Gasteiger partial charge is 0.351 e. The summed E-state index contributed by atoms with van der Waals surface area (Å²) in [7, 11) is 2.00. The highest BCUT2D eigenvalue weighted by atomic mass is 35.5. The number of carbonyl (C=O) groups is 1. The Morgan fingerprint density at radius 3 is 2.81 bits per heavy atom. The summed E-state index contributed by atoms with van der Waals surface area (Å²) in [4.78, 5) is 17.9. The topological polar surface area (TPSA) is 46.4 Å². The molecule has 1 aromatic heterocycles. The second-order valence-corrected chi connectivity index (χ2v) is 8.18. The van der Waals surface area contributed by atoms with Crippen LogP contribution < -0.4 is 10.2 Å². The van der Waals surface area contributed by atoms with Gasteiger partial charge in [-0.15, -0.1) is 11.3 Å². The number of halogens is 2. The number of para-hydroxylation sites is 1. The van der Waals surface area contributed by atoms with Gasteiger partial charge in [-0.2, -0.15) is 0 Å². The number of nitrogens with one attached hydrogen (secondary N) is 2. The summed E-state index contributed by atoms with van der Waals surface area (Å²) in [6.45, 7) is 1.69. The minimum atomic E-state index is 0.0219. The Morgan fingerprint density at radius 1 is 1.23 bits per heavy atom. The highest BCUT2D eigenvalue weighted by Gasteiger charge is 2.13. The number of benzene rings is 2. The van der Waals surface area contributed by atoms with Crippen LogP contribution in [0.5, 0.6) is 0 Å². The van der Waals surface area contributed by atoms with Gasteiger partial charge in [-0.25, -0.2) is 4.98 Å². The lowest BCUT2D eigenvalue weighted by atomic mass is 10.1. The van der Waals surface area contributed by atoms with E-state index in [0.29, 0.717) is 29.6 Å². The first-order chi connectivity index (χ1) is 12.5. The van der Waals surface area contributed by atoms with Gasteiger partial charge in [0.25, 0.3) is 5.91 Å². The molecular weight excluding hydrogens is 389 g/mol. The molecule has 7 heteroatoms. The quantitative estimate of drug-likeness (QED) is 0.631. The molecule has 26 heavy (non-hydrogen) atoms. The number of fused-ring (bicyclic) bond motifs is 1. The SMILES string of the molecule is C[NH+](CC(=O)NCCc1ccc(Cl)cc1Cl)Cc1nc2ccccc2s1.